The first kappa shape index (κ1) is 4.91. The molecule has 0 aliphatic heterocycles. The Kier molecular flexibility index (Phi) is 2.45. The van der Waals surface area contributed by atoms with Crippen LogP contribution in [0.1, 0.15) is 11.0 Å². The number of rotatable bonds is 4. The first-order chi connectivity index (χ1) is 5.85. The van der Waals surface area contributed by atoms with Crippen LogP contribution in [0.25, 0.3) is 0 Å². The van der Waals surface area contributed by atoms with Crippen molar-refractivity contribution in [3.8, 4) is 0 Å². The summed E-state index contributed by atoms with van der Waals surface area (Å²) in [6.45, 7) is 2.42. The molecule has 0 aromatic heterocycles. The fraction of sp³-hybridized carbons (Fsp3) is 0.571. The first-order valence-corrected chi connectivity index (χ1v) is 2.92. The number of hydrogen-bond acceptors (Lipinski definition) is 3. The third kappa shape index (κ3) is 4.09. The van der Waals surface area contributed by atoms with Crippen molar-refractivity contribution in [2.75, 3.05) is 13.5 Å². The van der Waals surface area contributed by atoms with E-state index in [0.717, 1.165) is 0 Å². The average molecular weight is 146 g/mol. The van der Waals surface area contributed by atoms with Crippen molar-refractivity contribution < 1.29 is 13.6 Å². The zero-order valence-corrected chi connectivity index (χ0v) is 5.89. The minimum atomic E-state index is -2.31. The Balaban J connectivity index is 3.70. The monoisotopic (exact) mass is 146 g/mol. The van der Waals surface area contributed by atoms with Crippen LogP contribution < -0.4 is 5.32 Å². The molecule has 0 aliphatic rings. The molecule has 0 aliphatic carbocycles. The normalized spacial score (nSPS) is 17.9. The summed E-state index contributed by atoms with van der Waals surface area (Å²) in [7, 11) is 0. The summed E-state index contributed by atoms with van der Waals surface area (Å²) in [5.41, 5.74) is 0. The van der Waals surface area contributed by atoms with Crippen molar-refractivity contribution in [2.45, 2.75) is 13.0 Å². The zero-order chi connectivity index (χ0) is 10.5. The van der Waals surface area contributed by atoms with Gasteiger partial charge in [0, 0.05) is 4.11 Å². The number of hydrogen-bond donors (Lipinski definition) is 1. The molecule has 0 saturated carbocycles. The summed E-state index contributed by atoms with van der Waals surface area (Å²) >= 11 is 0. The van der Waals surface area contributed by atoms with E-state index < -0.39 is 19.0 Å². The van der Waals surface area contributed by atoms with Crippen LogP contribution >= 0.6 is 0 Å². The van der Waals surface area contributed by atoms with Crippen molar-refractivity contribution in [1.29, 1.82) is 0 Å². The molecule has 0 fully saturated rings. The summed E-state index contributed by atoms with van der Waals surface area (Å²) in [5.74, 6) is -0.608. The Labute approximate surface area is 65.3 Å². The summed E-state index contributed by atoms with van der Waals surface area (Å²) in [6.07, 6.45) is 1.05. The van der Waals surface area contributed by atoms with Gasteiger partial charge in [-0.2, -0.15) is 0 Å². The molecule has 0 aromatic rings. The summed E-state index contributed by atoms with van der Waals surface area (Å²) < 4.78 is 25.0. The lowest BCUT2D eigenvalue weighted by Gasteiger charge is -2.07. The maximum atomic E-state index is 10.9. The van der Waals surface area contributed by atoms with Gasteiger partial charge in [-0.25, -0.2) is 0 Å². The van der Waals surface area contributed by atoms with Crippen LogP contribution in [0.5, 0.6) is 0 Å². The zero-order valence-electron chi connectivity index (χ0n) is 8.89. The van der Waals surface area contributed by atoms with Gasteiger partial charge in [-0.15, -0.1) is 0 Å². The van der Waals surface area contributed by atoms with E-state index in [9.17, 15) is 4.79 Å². The van der Waals surface area contributed by atoms with Gasteiger partial charge < -0.3 is 10.1 Å². The molecular formula is C7H13NO2. The van der Waals surface area contributed by atoms with Gasteiger partial charge in [-0.3, -0.25) is 4.79 Å². The van der Waals surface area contributed by atoms with Crippen molar-refractivity contribution in [2.24, 2.45) is 0 Å². The molecule has 1 N–H and O–H groups in total. The van der Waals surface area contributed by atoms with Gasteiger partial charge in [0.2, 0.25) is 0 Å². The molecule has 1 atom stereocenters. The third-order valence-corrected chi connectivity index (χ3v) is 0.882. The fourth-order valence-electron chi connectivity index (χ4n) is 0.369. The minimum Gasteiger partial charge on any atom is -0.457 e. The van der Waals surface area contributed by atoms with Crippen LogP contribution in [0.3, 0.4) is 0 Å². The molecule has 0 saturated heterocycles. The summed E-state index contributed by atoms with van der Waals surface area (Å²) in [4.78, 5) is 10.9. The molecule has 0 amide bonds. The van der Waals surface area contributed by atoms with Gasteiger partial charge >= 0.3 is 5.97 Å². The van der Waals surface area contributed by atoms with Crippen LogP contribution in [-0.2, 0) is 9.53 Å². The highest BCUT2D eigenvalue weighted by atomic mass is 16.5. The van der Waals surface area contributed by atoms with Crippen LogP contribution in [0.2, 0.25) is 0 Å². The van der Waals surface area contributed by atoms with Crippen LogP contribution in [0.15, 0.2) is 12.7 Å². The van der Waals surface area contributed by atoms with E-state index in [2.05, 4.69) is 6.58 Å². The standard InChI is InChI=1S/C7H13NO2/c1-4-6(2)10-7(9)5-8-3/h4,6,8H,1,5H2,2-3H3/i3D3. The molecular weight excluding hydrogens is 130 g/mol. The third-order valence-electron chi connectivity index (χ3n) is 0.882. The lowest BCUT2D eigenvalue weighted by atomic mass is 10.4. The maximum Gasteiger partial charge on any atom is 0.320 e. The van der Waals surface area contributed by atoms with Gasteiger partial charge in [0.15, 0.2) is 0 Å². The smallest absolute Gasteiger partial charge is 0.320 e. The van der Waals surface area contributed by atoms with Crippen molar-refractivity contribution in [3.63, 3.8) is 0 Å². The number of likely N-dealkylation sites (N-methyl/N-ethyl adjacent to an activating group) is 1. The Bertz CT molecular complexity index is 191. The van der Waals surface area contributed by atoms with Crippen LogP contribution in [0, 0.1) is 0 Å². The Hall–Kier alpha value is -0.830. The molecule has 3 nitrogen and oxygen atoms in total. The second kappa shape index (κ2) is 4.99. The van der Waals surface area contributed by atoms with E-state index in [1.807, 2.05) is 5.32 Å². The molecule has 0 bridgehead atoms. The molecule has 10 heavy (non-hydrogen) atoms. The van der Waals surface area contributed by atoms with E-state index in [0.29, 0.717) is 0 Å². The minimum absolute atomic E-state index is 0.325. The molecule has 1 unspecified atom stereocenters. The second-order valence-corrected chi connectivity index (χ2v) is 1.78. The van der Waals surface area contributed by atoms with E-state index >= 15 is 0 Å². The van der Waals surface area contributed by atoms with E-state index in [4.69, 9.17) is 8.85 Å². The molecule has 0 aromatic carbocycles. The van der Waals surface area contributed by atoms with E-state index in [1.165, 1.54) is 6.08 Å². The van der Waals surface area contributed by atoms with E-state index in [1.54, 1.807) is 6.92 Å². The Morgan fingerprint density at radius 1 is 2.10 bits per heavy atom. The Morgan fingerprint density at radius 3 is 3.30 bits per heavy atom. The molecule has 58 valence electrons. The van der Waals surface area contributed by atoms with Crippen molar-refractivity contribution in [1.82, 2.24) is 5.32 Å². The molecule has 0 spiro atoms. The van der Waals surface area contributed by atoms with Gasteiger partial charge in [0.05, 0.1) is 6.54 Å². The number of esters is 1. The van der Waals surface area contributed by atoms with Gasteiger partial charge in [0.1, 0.15) is 6.10 Å². The number of nitrogens with one attached hydrogen (secondary N) is 1. The Morgan fingerprint density at radius 2 is 2.80 bits per heavy atom. The van der Waals surface area contributed by atoms with Crippen molar-refractivity contribution >= 4 is 5.97 Å². The largest absolute Gasteiger partial charge is 0.457 e. The lowest BCUT2D eigenvalue weighted by Crippen LogP contribution is -2.23. The van der Waals surface area contributed by atoms with Gasteiger partial charge in [0.25, 0.3) is 0 Å². The molecule has 3 heteroatoms. The van der Waals surface area contributed by atoms with E-state index in [-0.39, 0.29) is 6.54 Å². The average Bonchev–Trinajstić information content (AvgIpc) is 1.99. The van der Waals surface area contributed by atoms with Crippen LogP contribution in [0.4, 0.5) is 0 Å². The number of carbonyl (C=O) groups is 1. The predicted octanol–water partition coefficient (Wildman–Crippen LogP) is 0.323. The topological polar surface area (TPSA) is 38.3 Å². The molecule has 0 radical (unpaired) electrons. The predicted molar refractivity (Wildman–Crippen MR) is 39.7 cm³/mol. The van der Waals surface area contributed by atoms with Crippen molar-refractivity contribution in [3.05, 3.63) is 12.7 Å². The summed E-state index contributed by atoms with van der Waals surface area (Å²) in [6, 6.07) is 0. The highest BCUT2D eigenvalue weighted by Crippen LogP contribution is 1.90. The highest BCUT2D eigenvalue weighted by molar-refractivity contribution is 5.71. The summed E-state index contributed by atoms with van der Waals surface area (Å²) in [5, 5.41) is 2.04. The maximum absolute atomic E-state index is 10.9. The lowest BCUT2D eigenvalue weighted by molar-refractivity contribution is -0.144. The fourth-order valence-corrected chi connectivity index (χ4v) is 0.369. The number of ether oxygens (including phenoxy) is 1. The van der Waals surface area contributed by atoms with Crippen LogP contribution in [-0.4, -0.2) is 25.6 Å². The van der Waals surface area contributed by atoms with Gasteiger partial charge in [-0.05, 0) is 13.9 Å². The number of carbonyl (C=O) groups excluding carboxylic acids is 1. The molecule has 0 rings (SSSR count). The quantitative estimate of drug-likeness (QED) is 0.458. The molecule has 0 heterocycles. The second-order valence-electron chi connectivity index (χ2n) is 1.78. The SMILES string of the molecule is [2H]C([2H])([2H])NCC(=O)OC(C)C=C. The van der Waals surface area contributed by atoms with Gasteiger partial charge in [-0.1, -0.05) is 12.7 Å². The first-order valence-electron chi connectivity index (χ1n) is 4.42. The highest BCUT2D eigenvalue weighted by Gasteiger charge is 2.02.